The summed E-state index contributed by atoms with van der Waals surface area (Å²) >= 11 is 0. The van der Waals surface area contributed by atoms with Gasteiger partial charge in [0.05, 0.1) is 0 Å². The number of hydrogen-bond donors (Lipinski definition) is 2. The minimum Gasteiger partial charge on any atom is -0.370 e. The van der Waals surface area contributed by atoms with Gasteiger partial charge in [-0.3, -0.25) is 4.79 Å². The van der Waals surface area contributed by atoms with Crippen LogP contribution < -0.4 is 10.6 Å². The average molecular weight is 396 g/mol. The molecule has 0 aliphatic heterocycles. The van der Waals surface area contributed by atoms with Crippen molar-refractivity contribution < 1.29 is 13.6 Å². The van der Waals surface area contributed by atoms with E-state index in [-0.39, 0.29) is 23.2 Å². The third-order valence-corrected chi connectivity index (χ3v) is 4.34. The largest absolute Gasteiger partial charge is 0.370 e. The van der Waals surface area contributed by atoms with E-state index in [2.05, 4.69) is 20.6 Å². The molecule has 0 unspecified atom stereocenters. The minimum atomic E-state index is -0.339. The predicted molar refractivity (Wildman–Crippen MR) is 108 cm³/mol. The first-order valence-electron chi connectivity index (χ1n) is 9.37. The molecule has 0 bridgehead atoms. The second-order valence-corrected chi connectivity index (χ2v) is 6.59. The molecule has 150 valence electrons. The molecule has 3 aromatic rings. The summed E-state index contributed by atoms with van der Waals surface area (Å²) in [6, 6.07) is 14.4. The highest BCUT2D eigenvalue weighted by atomic mass is 19.1. The highest BCUT2D eigenvalue weighted by Crippen LogP contribution is 2.09. The lowest BCUT2D eigenvalue weighted by molar-refractivity contribution is 0.0948. The van der Waals surface area contributed by atoms with Gasteiger partial charge in [-0.25, -0.2) is 18.7 Å². The average Bonchev–Trinajstić information content (AvgIpc) is 2.70. The molecule has 0 saturated carbocycles. The molecule has 29 heavy (non-hydrogen) atoms. The molecule has 0 fully saturated rings. The zero-order valence-electron chi connectivity index (χ0n) is 16.1. The smallest absolute Gasteiger partial charge is 0.270 e. The molecular weight excluding hydrogens is 374 g/mol. The van der Waals surface area contributed by atoms with Crippen LogP contribution in [-0.4, -0.2) is 29.0 Å². The first-order chi connectivity index (χ1) is 14.0. The van der Waals surface area contributed by atoms with Crippen LogP contribution >= 0.6 is 0 Å². The van der Waals surface area contributed by atoms with Crippen molar-refractivity contribution in [2.75, 3.05) is 18.4 Å². The molecule has 1 heterocycles. The molecular formula is C22H22F2N4O. The number of carbonyl (C=O) groups is 1. The first-order valence-corrected chi connectivity index (χ1v) is 9.37. The van der Waals surface area contributed by atoms with E-state index in [0.717, 1.165) is 5.56 Å². The van der Waals surface area contributed by atoms with Gasteiger partial charge in [0.2, 0.25) is 0 Å². The van der Waals surface area contributed by atoms with Gasteiger partial charge in [0.15, 0.2) is 0 Å². The molecule has 2 N–H and O–H groups in total. The maximum atomic E-state index is 13.6. The Morgan fingerprint density at radius 2 is 1.72 bits per heavy atom. The van der Waals surface area contributed by atoms with Crippen molar-refractivity contribution in [3.63, 3.8) is 0 Å². The Labute approximate surface area is 168 Å². The summed E-state index contributed by atoms with van der Waals surface area (Å²) in [5.41, 5.74) is 1.79. The molecule has 0 saturated heterocycles. The van der Waals surface area contributed by atoms with Crippen LogP contribution in [0.1, 0.15) is 27.4 Å². The highest BCUT2D eigenvalue weighted by molar-refractivity contribution is 5.92. The van der Waals surface area contributed by atoms with Gasteiger partial charge < -0.3 is 10.6 Å². The van der Waals surface area contributed by atoms with Crippen LogP contribution in [0.5, 0.6) is 0 Å². The standard InChI is InChI=1S/C22H22F2N4O/c1-15-27-20(22(29)26-13-11-17-4-2-3-5-19(17)24)14-21(28-15)25-12-10-16-6-8-18(23)9-7-16/h2-9,14H,10-13H2,1H3,(H,26,29)(H,25,27,28). The van der Waals surface area contributed by atoms with Crippen molar-refractivity contribution in [1.82, 2.24) is 15.3 Å². The molecule has 0 aliphatic carbocycles. The molecule has 1 amide bonds. The molecule has 5 nitrogen and oxygen atoms in total. The number of anilines is 1. The molecule has 2 aromatic carbocycles. The SMILES string of the molecule is Cc1nc(NCCc2ccc(F)cc2)cc(C(=O)NCCc2ccccc2F)n1. The zero-order chi connectivity index (χ0) is 20.6. The van der Waals surface area contributed by atoms with E-state index < -0.39 is 0 Å². The predicted octanol–water partition coefficient (Wildman–Crippen LogP) is 3.69. The first kappa shape index (κ1) is 20.4. The fraction of sp³-hybridized carbons (Fsp3) is 0.227. The minimum absolute atomic E-state index is 0.246. The monoisotopic (exact) mass is 396 g/mol. The van der Waals surface area contributed by atoms with E-state index >= 15 is 0 Å². The normalized spacial score (nSPS) is 10.6. The molecule has 3 rings (SSSR count). The summed E-state index contributed by atoms with van der Waals surface area (Å²) in [7, 11) is 0. The van der Waals surface area contributed by atoms with Crippen molar-refractivity contribution in [2.45, 2.75) is 19.8 Å². The Morgan fingerprint density at radius 3 is 2.48 bits per heavy atom. The maximum absolute atomic E-state index is 13.6. The Kier molecular flexibility index (Phi) is 6.84. The van der Waals surface area contributed by atoms with Crippen molar-refractivity contribution in [3.05, 3.63) is 88.9 Å². The summed E-state index contributed by atoms with van der Waals surface area (Å²) < 4.78 is 26.6. The zero-order valence-corrected chi connectivity index (χ0v) is 16.1. The van der Waals surface area contributed by atoms with Gasteiger partial charge in [-0.1, -0.05) is 30.3 Å². The number of aryl methyl sites for hydroxylation is 1. The lowest BCUT2D eigenvalue weighted by Crippen LogP contribution is -2.27. The number of benzene rings is 2. The number of halogens is 2. The Hall–Kier alpha value is -3.35. The lowest BCUT2D eigenvalue weighted by Gasteiger charge is -2.10. The number of aromatic nitrogens is 2. The van der Waals surface area contributed by atoms with E-state index in [1.165, 1.54) is 18.2 Å². The second kappa shape index (κ2) is 9.73. The Morgan fingerprint density at radius 1 is 0.966 bits per heavy atom. The highest BCUT2D eigenvalue weighted by Gasteiger charge is 2.11. The fourth-order valence-corrected chi connectivity index (χ4v) is 2.86. The van der Waals surface area contributed by atoms with Gasteiger partial charge in [-0.05, 0) is 49.1 Å². The maximum Gasteiger partial charge on any atom is 0.270 e. The van der Waals surface area contributed by atoms with Gasteiger partial charge in [0, 0.05) is 19.2 Å². The Balaban J connectivity index is 1.54. The van der Waals surface area contributed by atoms with Gasteiger partial charge in [-0.15, -0.1) is 0 Å². The van der Waals surface area contributed by atoms with Crippen molar-refractivity contribution in [3.8, 4) is 0 Å². The summed E-state index contributed by atoms with van der Waals surface area (Å²) in [5.74, 6) is 0.120. The Bertz CT molecular complexity index is 977. The molecule has 1 aromatic heterocycles. The number of rotatable bonds is 8. The van der Waals surface area contributed by atoms with Crippen molar-refractivity contribution >= 4 is 11.7 Å². The van der Waals surface area contributed by atoms with Gasteiger partial charge in [0.1, 0.15) is 29.0 Å². The van der Waals surface area contributed by atoms with Crippen LogP contribution in [0, 0.1) is 18.6 Å². The van der Waals surface area contributed by atoms with Crippen LogP contribution in [0.2, 0.25) is 0 Å². The van der Waals surface area contributed by atoms with E-state index in [1.54, 1.807) is 43.3 Å². The molecule has 0 aliphatic rings. The summed E-state index contributed by atoms with van der Waals surface area (Å²) in [6.07, 6.45) is 1.08. The third-order valence-electron chi connectivity index (χ3n) is 4.34. The quantitative estimate of drug-likeness (QED) is 0.609. The van der Waals surface area contributed by atoms with Crippen molar-refractivity contribution in [2.24, 2.45) is 0 Å². The van der Waals surface area contributed by atoms with E-state index in [9.17, 15) is 13.6 Å². The van der Waals surface area contributed by atoms with Crippen LogP contribution in [0.4, 0.5) is 14.6 Å². The number of amides is 1. The number of carbonyl (C=O) groups excluding carboxylic acids is 1. The third kappa shape index (κ3) is 6.07. The van der Waals surface area contributed by atoms with Crippen LogP contribution in [0.3, 0.4) is 0 Å². The molecule has 0 atom stereocenters. The topological polar surface area (TPSA) is 66.9 Å². The summed E-state index contributed by atoms with van der Waals surface area (Å²) in [5, 5.41) is 5.92. The number of nitrogens with zero attached hydrogens (tertiary/aromatic N) is 2. The van der Waals surface area contributed by atoms with Crippen LogP contribution in [0.15, 0.2) is 54.6 Å². The lowest BCUT2D eigenvalue weighted by atomic mass is 10.1. The van der Waals surface area contributed by atoms with Gasteiger partial charge in [0.25, 0.3) is 5.91 Å². The van der Waals surface area contributed by atoms with E-state index in [4.69, 9.17) is 0 Å². The van der Waals surface area contributed by atoms with Gasteiger partial charge >= 0.3 is 0 Å². The summed E-state index contributed by atoms with van der Waals surface area (Å²) in [6.45, 7) is 2.59. The van der Waals surface area contributed by atoms with E-state index in [0.29, 0.717) is 43.1 Å². The molecule has 7 heteroatoms. The van der Waals surface area contributed by atoms with Crippen LogP contribution in [-0.2, 0) is 12.8 Å². The molecule has 0 spiro atoms. The van der Waals surface area contributed by atoms with Crippen LogP contribution in [0.25, 0.3) is 0 Å². The number of hydrogen-bond acceptors (Lipinski definition) is 4. The van der Waals surface area contributed by atoms with E-state index in [1.807, 2.05) is 0 Å². The van der Waals surface area contributed by atoms with Crippen molar-refractivity contribution in [1.29, 1.82) is 0 Å². The fourth-order valence-electron chi connectivity index (χ4n) is 2.86. The number of nitrogens with one attached hydrogen (secondary N) is 2. The summed E-state index contributed by atoms with van der Waals surface area (Å²) in [4.78, 5) is 20.9. The van der Waals surface area contributed by atoms with Gasteiger partial charge in [-0.2, -0.15) is 0 Å². The second-order valence-electron chi connectivity index (χ2n) is 6.59. The molecule has 0 radical (unpaired) electrons.